The number of aliphatic carboxylic acids is 1. The average Bonchev–Trinajstić information content (AvgIpc) is 2.17. The van der Waals surface area contributed by atoms with E-state index in [1.807, 2.05) is 0 Å². The van der Waals surface area contributed by atoms with Gasteiger partial charge in [-0.1, -0.05) is 22.0 Å². The molecule has 0 aromatic heterocycles. The Balaban J connectivity index is 3.37. The maximum Gasteiger partial charge on any atom is 0.314 e. The van der Waals surface area contributed by atoms with Crippen LogP contribution in [0.1, 0.15) is 18.9 Å². The molecule has 0 bridgehead atoms. The zero-order valence-corrected chi connectivity index (χ0v) is 10.4. The highest BCUT2D eigenvalue weighted by Crippen LogP contribution is 2.35. The van der Waals surface area contributed by atoms with Crippen molar-refractivity contribution in [1.29, 1.82) is 0 Å². The molecule has 0 radical (unpaired) electrons. The summed E-state index contributed by atoms with van der Waals surface area (Å²) in [5.74, 6) is -1.61. The van der Waals surface area contributed by atoms with Crippen LogP contribution in [-0.4, -0.2) is 17.6 Å². The van der Waals surface area contributed by atoms with Crippen molar-refractivity contribution in [3.63, 3.8) is 0 Å². The summed E-state index contributed by atoms with van der Waals surface area (Å²) in [4.78, 5) is 11.3. The lowest BCUT2D eigenvalue weighted by Gasteiger charge is -2.26. The highest BCUT2D eigenvalue weighted by atomic mass is 79.9. The maximum atomic E-state index is 13.7. The molecule has 1 rings (SSSR count). The van der Waals surface area contributed by atoms with Crippen LogP contribution in [0.4, 0.5) is 4.39 Å². The van der Waals surface area contributed by atoms with E-state index in [2.05, 4.69) is 15.9 Å². The fourth-order valence-corrected chi connectivity index (χ4v) is 2.43. The quantitative estimate of drug-likeness (QED) is 0.894. The first-order chi connectivity index (χ1) is 7.43. The van der Waals surface area contributed by atoms with Crippen molar-refractivity contribution in [3.05, 3.63) is 34.1 Å². The van der Waals surface area contributed by atoms with Crippen LogP contribution in [0.3, 0.4) is 0 Å². The Hall–Kier alpha value is -0.940. The average molecular weight is 290 g/mol. The van der Waals surface area contributed by atoms with Crippen LogP contribution in [0.25, 0.3) is 0 Å². The number of nitrogens with two attached hydrogens (primary N) is 1. The summed E-state index contributed by atoms with van der Waals surface area (Å²) >= 11 is 3.18. The van der Waals surface area contributed by atoms with Gasteiger partial charge in [0.25, 0.3) is 0 Å². The summed E-state index contributed by atoms with van der Waals surface area (Å²) in [7, 11) is 0. The van der Waals surface area contributed by atoms with E-state index in [0.717, 1.165) is 0 Å². The fraction of sp³-hybridized carbons (Fsp3) is 0.364. The van der Waals surface area contributed by atoms with Gasteiger partial charge in [0, 0.05) is 10.0 Å². The van der Waals surface area contributed by atoms with Crippen molar-refractivity contribution in [1.82, 2.24) is 0 Å². The molecule has 0 spiro atoms. The second kappa shape index (κ2) is 4.93. The zero-order chi connectivity index (χ0) is 12.3. The highest BCUT2D eigenvalue weighted by Gasteiger charge is 2.38. The topological polar surface area (TPSA) is 63.3 Å². The number of carboxylic acids is 1. The molecule has 0 aliphatic rings. The lowest BCUT2D eigenvalue weighted by molar-refractivity contribution is -0.143. The number of hydrogen-bond acceptors (Lipinski definition) is 2. The Bertz CT molecular complexity index is 391. The minimum atomic E-state index is -1.31. The minimum Gasteiger partial charge on any atom is -0.481 e. The van der Waals surface area contributed by atoms with Gasteiger partial charge in [0.15, 0.2) is 0 Å². The molecular formula is C11H13BrFNO2. The number of carboxylic acid groups (broad SMARTS) is 1. The minimum absolute atomic E-state index is 0.146. The molecule has 0 fully saturated rings. The molecule has 1 atom stereocenters. The monoisotopic (exact) mass is 289 g/mol. The Morgan fingerprint density at radius 2 is 2.25 bits per heavy atom. The predicted octanol–water partition coefficient (Wildman–Crippen LogP) is 2.28. The van der Waals surface area contributed by atoms with Gasteiger partial charge in [0.1, 0.15) is 5.82 Å². The van der Waals surface area contributed by atoms with Gasteiger partial charge in [0.05, 0.1) is 5.41 Å². The van der Waals surface area contributed by atoms with E-state index < -0.39 is 17.2 Å². The van der Waals surface area contributed by atoms with E-state index in [1.165, 1.54) is 19.1 Å². The van der Waals surface area contributed by atoms with Gasteiger partial charge < -0.3 is 10.8 Å². The van der Waals surface area contributed by atoms with Crippen molar-refractivity contribution in [2.75, 3.05) is 6.54 Å². The Morgan fingerprint density at radius 1 is 1.62 bits per heavy atom. The van der Waals surface area contributed by atoms with Crippen LogP contribution < -0.4 is 5.73 Å². The molecule has 0 amide bonds. The Kier molecular flexibility index (Phi) is 4.04. The third-order valence-corrected chi connectivity index (χ3v) is 3.29. The molecule has 0 saturated heterocycles. The van der Waals surface area contributed by atoms with Crippen molar-refractivity contribution in [2.45, 2.75) is 18.8 Å². The number of rotatable bonds is 4. The third-order valence-electron chi connectivity index (χ3n) is 2.63. The number of benzene rings is 1. The maximum absolute atomic E-state index is 13.7. The first kappa shape index (κ1) is 13.1. The molecule has 5 heteroatoms. The Morgan fingerprint density at radius 3 is 2.69 bits per heavy atom. The standard InChI is InChI=1S/C11H13BrFNO2/c1-11(5-6-14,10(15)16)9-7(12)3-2-4-8(9)13/h2-4H,5-6,14H2,1H3,(H,15,16). The first-order valence-corrected chi connectivity index (χ1v) is 5.60. The van der Waals surface area contributed by atoms with E-state index in [1.54, 1.807) is 6.07 Å². The molecule has 1 aromatic rings. The van der Waals surface area contributed by atoms with Crippen LogP contribution in [-0.2, 0) is 10.2 Å². The summed E-state index contributed by atoms with van der Waals surface area (Å²) in [5.41, 5.74) is 4.23. The van der Waals surface area contributed by atoms with Gasteiger partial charge in [-0.3, -0.25) is 4.79 Å². The SMILES string of the molecule is CC(CCN)(C(=O)O)c1c(F)cccc1Br. The molecule has 0 aliphatic carbocycles. The van der Waals surface area contributed by atoms with Gasteiger partial charge in [-0.15, -0.1) is 0 Å². The van der Waals surface area contributed by atoms with Crippen molar-refractivity contribution >= 4 is 21.9 Å². The van der Waals surface area contributed by atoms with Crippen molar-refractivity contribution in [2.24, 2.45) is 5.73 Å². The van der Waals surface area contributed by atoms with E-state index in [0.29, 0.717) is 4.47 Å². The molecule has 3 nitrogen and oxygen atoms in total. The molecule has 1 aromatic carbocycles. The van der Waals surface area contributed by atoms with Crippen molar-refractivity contribution in [3.8, 4) is 0 Å². The molecule has 88 valence electrons. The van der Waals surface area contributed by atoms with E-state index in [4.69, 9.17) is 5.73 Å². The second-order valence-corrected chi connectivity index (χ2v) is 4.63. The van der Waals surface area contributed by atoms with Gasteiger partial charge in [-0.05, 0) is 32.0 Å². The molecule has 0 heterocycles. The lowest BCUT2D eigenvalue weighted by Crippen LogP contribution is -2.36. The molecule has 0 saturated carbocycles. The lowest BCUT2D eigenvalue weighted by atomic mass is 9.79. The van der Waals surface area contributed by atoms with Crippen LogP contribution in [0.2, 0.25) is 0 Å². The van der Waals surface area contributed by atoms with E-state index in [9.17, 15) is 14.3 Å². The summed E-state index contributed by atoms with van der Waals surface area (Å²) in [5, 5.41) is 9.22. The summed E-state index contributed by atoms with van der Waals surface area (Å²) < 4.78 is 14.1. The first-order valence-electron chi connectivity index (χ1n) is 4.81. The highest BCUT2D eigenvalue weighted by molar-refractivity contribution is 9.10. The van der Waals surface area contributed by atoms with Crippen LogP contribution in [0, 0.1) is 5.82 Å². The summed E-state index contributed by atoms with van der Waals surface area (Å²) in [6.45, 7) is 1.66. The van der Waals surface area contributed by atoms with E-state index in [-0.39, 0.29) is 18.5 Å². The van der Waals surface area contributed by atoms with Crippen LogP contribution >= 0.6 is 15.9 Å². The van der Waals surface area contributed by atoms with E-state index >= 15 is 0 Å². The second-order valence-electron chi connectivity index (χ2n) is 3.77. The summed E-state index contributed by atoms with van der Waals surface area (Å²) in [6.07, 6.45) is 0.182. The van der Waals surface area contributed by atoms with Crippen LogP contribution in [0.15, 0.2) is 22.7 Å². The molecule has 16 heavy (non-hydrogen) atoms. The van der Waals surface area contributed by atoms with Gasteiger partial charge in [-0.2, -0.15) is 0 Å². The summed E-state index contributed by atoms with van der Waals surface area (Å²) in [6, 6.07) is 4.39. The normalized spacial score (nSPS) is 14.5. The zero-order valence-electron chi connectivity index (χ0n) is 8.84. The number of halogens is 2. The molecule has 0 aliphatic heterocycles. The third kappa shape index (κ3) is 2.25. The van der Waals surface area contributed by atoms with Gasteiger partial charge >= 0.3 is 5.97 Å². The Labute approximate surface area is 102 Å². The largest absolute Gasteiger partial charge is 0.481 e. The molecule has 1 unspecified atom stereocenters. The van der Waals surface area contributed by atoms with Gasteiger partial charge in [0.2, 0.25) is 0 Å². The number of carbonyl (C=O) groups is 1. The molecule has 3 N–H and O–H groups in total. The van der Waals surface area contributed by atoms with Gasteiger partial charge in [-0.25, -0.2) is 4.39 Å². The molecular weight excluding hydrogens is 277 g/mol. The predicted molar refractivity (Wildman–Crippen MR) is 62.8 cm³/mol. The van der Waals surface area contributed by atoms with Crippen molar-refractivity contribution < 1.29 is 14.3 Å². The fourth-order valence-electron chi connectivity index (χ4n) is 1.65. The van der Waals surface area contributed by atoms with Crippen LogP contribution in [0.5, 0.6) is 0 Å². The smallest absolute Gasteiger partial charge is 0.314 e. The number of hydrogen-bond donors (Lipinski definition) is 2.